The summed E-state index contributed by atoms with van der Waals surface area (Å²) in [7, 11) is -1.61. The van der Waals surface area contributed by atoms with Crippen LogP contribution < -0.4 is 10.1 Å². The fourth-order valence-electron chi connectivity index (χ4n) is 6.52. The molecule has 0 bridgehead atoms. The molecule has 6 heterocycles. The highest BCUT2D eigenvalue weighted by Gasteiger charge is 2.42. The van der Waals surface area contributed by atoms with Crippen LogP contribution in [0.4, 0.5) is 5.82 Å². The van der Waals surface area contributed by atoms with Gasteiger partial charge in [0.25, 0.3) is 14.4 Å². The van der Waals surface area contributed by atoms with Gasteiger partial charge < -0.3 is 23.8 Å². The van der Waals surface area contributed by atoms with Gasteiger partial charge in [-0.1, -0.05) is 30.3 Å². The molecule has 0 radical (unpaired) electrons. The van der Waals surface area contributed by atoms with Crippen LogP contribution in [-0.2, 0) is 13.8 Å². The van der Waals surface area contributed by atoms with Crippen molar-refractivity contribution in [1.29, 1.82) is 5.26 Å². The van der Waals surface area contributed by atoms with E-state index in [-0.39, 0.29) is 43.4 Å². The number of anilines is 1. The predicted molar refractivity (Wildman–Crippen MR) is 215 cm³/mol. The third-order valence-electron chi connectivity index (χ3n) is 9.07. The Hall–Kier alpha value is -5.75. The Balaban J connectivity index is 1.20. The lowest BCUT2D eigenvalue weighted by Crippen LogP contribution is -2.37. The molecule has 57 heavy (non-hydrogen) atoms. The summed E-state index contributed by atoms with van der Waals surface area (Å²) in [5, 5.41) is 12.2. The van der Waals surface area contributed by atoms with Crippen molar-refractivity contribution < 1.29 is 23.3 Å². The molecule has 0 saturated carbocycles. The van der Waals surface area contributed by atoms with E-state index in [2.05, 4.69) is 68.7 Å². The smallest absolute Gasteiger partial charge is 0.259 e. The second-order valence-electron chi connectivity index (χ2n) is 13.7. The second kappa shape index (κ2) is 18.5. The Morgan fingerprint density at radius 1 is 0.930 bits per heavy atom. The molecule has 1 N–H and O–H groups in total. The zero-order chi connectivity index (χ0) is 39.7. The van der Waals surface area contributed by atoms with Crippen molar-refractivity contribution in [2.75, 3.05) is 18.5 Å². The van der Waals surface area contributed by atoms with E-state index in [4.69, 9.17) is 23.5 Å². The van der Waals surface area contributed by atoms with Crippen LogP contribution in [0.1, 0.15) is 57.1 Å². The van der Waals surface area contributed by atoms with Crippen molar-refractivity contribution in [2.45, 2.75) is 71.1 Å². The number of nitrogens with zero attached hydrogens (tertiary/aromatic N) is 9. The standard InChI is InChI=1S/C41H43N10O5P/c1-27(2)51(28(3)4)57(54-20-12-17-42)56-35-23-37(50-26-47-38-39(45-25-46-40(38)50)49-41(52)29-13-6-5-7-14-29)55-36(35)24-53-30-21-33(31-15-8-10-18-43-31)48-34(22-30)32-16-9-11-19-44-32/h5-11,13-16,18-19,21-22,25-28,35-37H,12,20,23-24H2,1-4H3,(H,45,46,49,52)/t35-,36+,37+,57?/m0/s1. The third kappa shape index (κ3) is 9.45. The van der Waals surface area contributed by atoms with Crippen LogP contribution in [0, 0.1) is 11.3 Å². The highest BCUT2D eigenvalue weighted by molar-refractivity contribution is 7.44. The number of imidazole rings is 1. The zero-order valence-electron chi connectivity index (χ0n) is 32.0. The maximum absolute atomic E-state index is 13.0. The van der Waals surface area contributed by atoms with Gasteiger partial charge in [-0.3, -0.25) is 19.3 Å². The number of rotatable bonds is 16. The van der Waals surface area contributed by atoms with Gasteiger partial charge in [-0.2, -0.15) is 5.26 Å². The average Bonchev–Trinajstić information content (AvgIpc) is 3.85. The van der Waals surface area contributed by atoms with Crippen molar-refractivity contribution in [3.8, 4) is 34.6 Å². The molecule has 292 valence electrons. The number of carbonyl (C=O) groups is 1. The fraction of sp³-hybridized carbons (Fsp3) is 0.317. The van der Waals surface area contributed by atoms with E-state index in [9.17, 15) is 10.1 Å². The highest BCUT2D eigenvalue weighted by atomic mass is 31.2. The molecule has 1 fully saturated rings. The largest absolute Gasteiger partial charge is 0.491 e. The first kappa shape index (κ1) is 39.5. The molecule has 4 atom stereocenters. The number of amides is 1. The number of ether oxygens (including phenoxy) is 2. The summed E-state index contributed by atoms with van der Waals surface area (Å²) in [6, 6.07) is 26.3. The third-order valence-corrected chi connectivity index (χ3v) is 11.2. The van der Waals surface area contributed by atoms with Crippen molar-refractivity contribution in [1.82, 2.24) is 39.1 Å². The molecule has 1 aliphatic heterocycles. The second-order valence-corrected chi connectivity index (χ2v) is 15.1. The molecule has 1 aliphatic rings. The molecule has 6 aromatic rings. The monoisotopic (exact) mass is 786 g/mol. The molecule has 7 rings (SSSR count). The minimum atomic E-state index is -1.61. The lowest BCUT2D eigenvalue weighted by atomic mass is 10.1. The number of fused-ring (bicyclic) bond motifs is 1. The van der Waals surface area contributed by atoms with Gasteiger partial charge in [-0.05, 0) is 64.1 Å². The number of hydrogen-bond donors (Lipinski definition) is 1. The van der Waals surface area contributed by atoms with Crippen LogP contribution in [0.25, 0.3) is 33.9 Å². The molecule has 1 unspecified atom stereocenters. The van der Waals surface area contributed by atoms with Crippen LogP contribution in [0.15, 0.2) is 104 Å². The van der Waals surface area contributed by atoms with Gasteiger partial charge in [-0.15, -0.1) is 0 Å². The van der Waals surface area contributed by atoms with Crippen molar-refractivity contribution in [3.05, 3.63) is 109 Å². The Morgan fingerprint density at radius 3 is 2.25 bits per heavy atom. The minimum Gasteiger partial charge on any atom is -0.491 e. The summed E-state index contributed by atoms with van der Waals surface area (Å²) in [6.07, 6.45) is 5.42. The quantitative estimate of drug-likeness (QED) is 0.0750. The maximum Gasteiger partial charge on any atom is 0.259 e. The van der Waals surface area contributed by atoms with E-state index >= 15 is 0 Å². The van der Waals surface area contributed by atoms with Gasteiger partial charge in [0.2, 0.25) is 0 Å². The summed E-state index contributed by atoms with van der Waals surface area (Å²) in [5.41, 5.74) is 4.02. The van der Waals surface area contributed by atoms with Crippen LogP contribution in [0.5, 0.6) is 5.75 Å². The van der Waals surface area contributed by atoms with Crippen LogP contribution in [-0.4, -0.2) is 82.6 Å². The number of benzene rings is 1. The van der Waals surface area contributed by atoms with Gasteiger partial charge in [0, 0.05) is 48.6 Å². The van der Waals surface area contributed by atoms with E-state index in [0.717, 1.165) is 0 Å². The molecule has 16 heteroatoms. The van der Waals surface area contributed by atoms with Gasteiger partial charge in [-0.25, -0.2) is 24.6 Å². The number of pyridine rings is 3. The Bertz CT molecular complexity index is 2230. The first-order valence-corrected chi connectivity index (χ1v) is 19.8. The summed E-state index contributed by atoms with van der Waals surface area (Å²) in [6.45, 7) is 8.70. The molecule has 15 nitrogen and oxygen atoms in total. The maximum atomic E-state index is 13.0. The minimum absolute atomic E-state index is 0.0941. The summed E-state index contributed by atoms with van der Waals surface area (Å²) < 4.78 is 30.5. The van der Waals surface area contributed by atoms with E-state index in [1.807, 2.05) is 59.2 Å². The van der Waals surface area contributed by atoms with Crippen molar-refractivity contribution in [3.63, 3.8) is 0 Å². The van der Waals surface area contributed by atoms with E-state index < -0.39 is 27.0 Å². The fourth-order valence-corrected chi connectivity index (χ4v) is 8.28. The zero-order valence-corrected chi connectivity index (χ0v) is 32.9. The molecular weight excluding hydrogens is 743 g/mol. The number of carbonyl (C=O) groups excluding carboxylic acids is 1. The van der Waals surface area contributed by atoms with Crippen LogP contribution >= 0.6 is 8.53 Å². The molecule has 1 aromatic carbocycles. The Labute approximate surface area is 332 Å². The van der Waals surface area contributed by atoms with Gasteiger partial charge in [0.05, 0.1) is 54.3 Å². The van der Waals surface area contributed by atoms with E-state index in [1.165, 1.54) is 6.33 Å². The molecule has 5 aromatic heterocycles. The number of nitriles is 1. The Morgan fingerprint density at radius 2 is 1.61 bits per heavy atom. The molecular formula is C41H43N10O5P. The SMILES string of the molecule is CC(C)N(C(C)C)P(OCCC#N)O[C@H]1C[C@H](n2cnc3c(NC(=O)c4ccccc4)ncnc32)O[C@@H]1COc1cc(-c2ccccn2)nc(-c2ccccn2)c1. The van der Waals surface area contributed by atoms with Gasteiger partial charge in [0.15, 0.2) is 17.0 Å². The molecule has 0 spiro atoms. The van der Waals surface area contributed by atoms with Gasteiger partial charge in [0.1, 0.15) is 31.0 Å². The summed E-state index contributed by atoms with van der Waals surface area (Å²) >= 11 is 0. The highest BCUT2D eigenvalue weighted by Crippen LogP contribution is 2.50. The number of aromatic nitrogens is 7. The summed E-state index contributed by atoms with van der Waals surface area (Å²) in [5.74, 6) is 0.517. The molecule has 1 saturated heterocycles. The first-order valence-electron chi connectivity index (χ1n) is 18.7. The Kier molecular flexibility index (Phi) is 12.8. The van der Waals surface area contributed by atoms with Gasteiger partial charge >= 0.3 is 0 Å². The lowest BCUT2D eigenvalue weighted by Gasteiger charge is -2.37. The number of nitrogens with one attached hydrogen (secondary N) is 1. The lowest BCUT2D eigenvalue weighted by molar-refractivity contribution is -0.0361. The number of hydrogen-bond acceptors (Lipinski definition) is 13. The molecule has 0 aliphatic carbocycles. The van der Waals surface area contributed by atoms with E-state index in [0.29, 0.717) is 51.7 Å². The van der Waals surface area contributed by atoms with E-state index in [1.54, 1.807) is 43.0 Å². The van der Waals surface area contributed by atoms with Crippen molar-refractivity contribution in [2.24, 2.45) is 0 Å². The summed E-state index contributed by atoms with van der Waals surface area (Å²) in [4.78, 5) is 40.4. The first-order chi connectivity index (χ1) is 27.8. The van der Waals surface area contributed by atoms with Crippen molar-refractivity contribution >= 4 is 31.4 Å². The average molecular weight is 787 g/mol. The molecule has 1 amide bonds. The van der Waals surface area contributed by atoms with Crippen LogP contribution in [0.3, 0.4) is 0 Å². The topological polar surface area (TPSA) is 175 Å². The normalized spacial score (nSPS) is 17.3. The van der Waals surface area contributed by atoms with Crippen LogP contribution in [0.2, 0.25) is 0 Å². The predicted octanol–water partition coefficient (Wildman–Crippen LogP) is 7.63.